The number of halogens is 10. The number of hydrogen-bond acceptors (Lipinski definition) is 6. The predicted octanol–water partition coefficient (Wildman–Crippen LogP) is 0.993. The molecule has 0 aromatic heterocycles. The molecule has 6 nitrogen and oxygen atoms in total. The van der Waals surface area contributed by atoms with Crippen molar-refractivity contribution < 1.29 is 69.8 Å². The van der Waals surface area contributed by atoms with Gasteiger partial charge in [0.15, 0.2) is 20.2 Å². The van der Waals surface area contributed by atoms with Crippen LogP contribution >= 0.6 is 0 Å². The smallest absolute Gasteiger partial charge is 0.743 e. The molecule has 0 aromatic rings. The van der Waals surface area contributed by atoms with Crippen LogP contribution in [-0.4, -0.2) is 71.9 Å². The molecule has 0 radical (unpaired) electrons. The van der Waals surface area contributed by atoms with Crippen LogP contribution in [-0.2, 0) is 20.2 Å². The standard InChI is InChI=1S/2C2HF5O3S.Mg/c2*3-1(4,5)2(6,7)11(8,9)10;/h2*(H,8,9,10);/q;;+2/p-2. The molecule has 0 aliphatic rings. The van der Waals surface area contributed by atoms with Crippen LogP contribution in [0.2, 0.25) is 0 Å². The molecule has 0 N–H and O–H groups in total. The van der Waals surface area contributed by atoms with Gasteiger partial charge in [0.1, 0.15) is 0 Å². The van der Waals surface area contributed by atoms with E-state index in [9.17, 15) is 69.8 Å². The van der Waals surface area contributed by atoms with Crippen molar-refractivity contribution in [2.24, 2.45) is 0 Å². The van der Waals surface area contributed by atoms with Crippen molar-refractivity contribution >= 4 is 43.3 Å². The fraction of sp³-hybridized carbons (Fsp3) is 1.00. The molecule has 0 bridgehead atoms. The van der Waals surface area contributed by atoms with Gasteiger partial charge in [-0.1, -0.05) is 0 Å². The van der Waals surface area contributed by atoms with Gasteiger partial charge in [0, 0.05) is 0 Å². The molecule has 23 heavy (non-hydrogen) atoms. The van der Waals surface area contributed by atoms with Crippen molar-refractivity contribution in [3.8, 4) is 0 Å². The zero-order valence-electron chi connectivity index (χ0n) is 9.75. The zero-order chi connectivity index (χ0) is 19.0. The third-order valence-electron chi connectivity index (χ3n) is 1.29. The molecule has 19 heteroatoms. The van der Waals surface area contributed by atoms with Gasteiger partial charge in [-0.2, -0.15) is 43.9 Å². The van der Waals surface area contributed by atoms with E-state index in [1.807, 2.05) is 0 Å². The van der Waals surface area contributed by atoms with Crippen molar-refractivity contribution in [2.45, 2.75) is 22.9 Å². The maximum Gasteiger partial charge on any atom is 2.00 e. The first-order valence-corrected chi connectivity index (χ1v) is 6.61. The second-order valence-electron chi connectivity index (χ2n) is 2.94. The molecule has 0 saturated carbocycles. The van der Waals surface area contributed by atoms with E-state index in [0.29, 0.717) is 0 Å². The fourth-order valence-corrected chi connectivity index (χ4v) is 0.850. The molecule has 0 aliphatic heterocycles. The van der Waals surface area contributed by atoms with Gasteiger partial charge in [-0.25, -0.2) is 16.8 Å². The fourth-order valence-electron chi connectivity index (χ4n) is 0.283. The molecule has 0 unspecified atom stereocenters. The summed E-state index contributed by atoms with van der Waals surface area (Å²) in [6.45, 7) is 0. The Balaban J connectivity index is -0.000000333. The van der Waals surface area contributed by atoms with Gasteiger partial charge < -0.3 is 9.11 Å². The summed E-state index contributed by atoms with van der Waals surface area (Å²) in [5, 5.41) is -12.4. The zero-order valence-corrected chi connectivity index (χ0v) is 12.8. The SMILES string of the molecule is O=S(=O)([O-])C(F)(F)C(F)(F)F.O=S(=O)([O-])C(F)(F)C(F)(F)F.[Mg+2]. The minimum absolute atomic E-state index is 0. The molecule has 0 fully saturated rings. The Hall–Kier alpha value is -0.114. The topological polar surface area (TPSA) is 114 Å². The third-order valence-corrected chi connectivity index (χ3v) is 3.01. The Bertz CT molecular complexity index is 534. The molecule has 0 amide bonds. The number of alkyl halides is 10. The van der Waals surface area contributed by atoms with Crippen molar-refractivity contribution in [1.29, 1.82) is 0 Å². The van der Waals surface area contributed by atoms with Gasteiger partial charge in [-0.3, -0.25) is 0 Å². The normalized spacial score (nSPS) is 14.4. The van der Waals surface area contributed by atoms with E-state index in [4.69, 9.17) is 0 Å². The summed E-state index contributed by atoms with van der Waals surface area (Å²) < 4.78 is 167. The maximum absolute atomic E-state index is 11.4. The van der Waals surface area contributed by atoms with Crippen molar-refractivity contribution in [2.75, 3.05) is 0 Å². The molecular weight excluding hydrogens is 422 g/mol. The van der Waals surface area contributed by atoms with Crippen molar-refractivity contribution in [3.05, 3.63) is 0 Å². The molecule has 0 rings (SSSR count). The van der Waals surface area contributed by atoms with Gasteiger partial charge in [0.05, 0.1) is 0 Å². The number of rotatable bonds is 2. The molecule has 0 atom stereocenters. The van der Waals surface area contributed by atoms with Gasteiger partial charge in [0.25, 0.3) is 0 Å². The summed E-state index contributed by atoms with van der Waals surface area (Å²) in [4.78, 5) is 0. The van der Waals surface area contributed by atoms with Crippen LogP contribution < -0.4 is 0 Å². The van der Waals surface area contributed by atoms with Crippen LogP contribution in [0.3, 0.4) is 0 Å². The summed E-state index contributed by atoms with van der Waals surface area (Å²) >= 11 is 0. The monoisotopic (exact) mass is 422 g/mol. The summed E-state index contributed by atoms with van der Waals surface area (Å²) in [7, 11) is -13.3. The Morgan fingerprint density at radius 2 is 0.652 bits per heavy atom. The van der Waals surface area contributed by atoms with E-state index < -0.39 is 43.1 Å². The first kappa shape index (κ1) is 27.7. The molecule has 136 valence electrons. The molecule has 0 spiro atoms. The van der Waals surface area contributed by atoms with Gasteiger partial charge >= 0.3 is 45.9 Å². The molecule has 0 saturated heterocycles. The summed E-state index contributed by atoms with van der Waals surface area (Å²) in [6, 6.07) is 0. The van der Waals surface area contributed by atoms with E-state index in [2.05, 4.69) is 0 Å². The van der Waals surface area contributed by atoms with Gasteiger partial charge in [0.2, 0.25) is 0 Å². The van der Waals surface area contributed by atoms with Gasteiger partial charge in [-0.05, 0) is 0 Å². The van der Waals surface area contributed by atoms with Crippen LogP contribution in [0.15, 0.2) is 0 Å². The Labute approximate surface area is 136 Å². The minimum Gasteiger partial charge on any atom is -0.743 e. The van der Waals surface area contributed by atoms with E-state index in [1.165, 1.54) is 0 Å². The molecule has 0 heterocycles. The third kappa shape index (κ3) is 6.72. The molecule has 0 aromatic carbocycles. The van der Waals surface area contributed by atoms with E-state index >= 15 is 0 Å². The van der Waals surface area contributed by atoms with Crippen molar-refractivity contribution in [3.63, 3.8) is 0 Å². The second-order valence-corrected chi connectivity index (χ2v) is 5.78. The van der Waals surface area contributed by atoms with E-state index in [1.54, 1.807) is 0 Å². The van der Waals surface area contributed by atoms with Crippen LogP contribution in [0.25, 0.3) is 0 Å². The van der Waals surface area contributed by atoms with Crippen LogP contribution in [0, 0.1) is 0 Å². The van der Waals surface area contributed by atoms with Crippen LogP contribution in [0.1, 0.15) is 0 Å². The summed E-state index contributed by atoms with van der Waals surface area (Å²) in [5.41, 5.74) is 0. The Morgan fingerprint density at radius 1 is 0.522 bits per heavy atom. The summed E-state index contributed by atoms with van der Waals surface area (Å²) in [5.74, 6) is 0. The van der Waals surface area contributed by atoms with Crippen molar-refractivity contribution in [1.82, 2.24) is 0 Å². The average Bonchev–Trinajstić information content (AvgIpc) is 2.10. The Kier molecular flexibility index (Phi) is 8.94. The van der Waals surface area contributed by atoms with E-state index in [-0.39, 0.29) is 23.1 Å². The second kappa shape index (κ2) is 7.41. The largest absolute Gasteiger partial charge is 2.00 e. The summed E-state index contributed by atoms with van der Waals surface area (Å²) in [6.07, 6.45) is -12.7. The Morgan fingerprint density at radius 3 is 0.652 bits per heavy atom. The number of hydrogen-bond donors (Lipinski definition) is 0. The molecular formula is C4F10MgO6S2. The molecule has 0 aliphatic carbocycles. The van der Waals surface area contributed by atoms with Crippen LogP contribution in [0.5, 0.6) is 0 Å². The first-order valence-electron chi connectivity index (χ1n) is 3.80. The average molecular weight is 422 g/mol. The van der Waals surface area contributed by atoms with Crippen LogP contribution in [0.4, 0.5) is 43.9 Å². The maximum atomic E-state index is 11.4. The first-order chi connectivity index (χ1) is 9.00. The van der Waals surface area contributed by atoms with E-state index in [0.717, 1.165) is 0 Å². The van der Waals surface area contributed by atoms with Gasteiger partial charge in [-0.15, -0.1) is 0 Å². The minimum atomic E-state index is -6.67. The quantitative estimate of drug-likeness (QED) is 0.372. The predicted molar refractivity (Wildman–Crippen MR) is 47.2 cm³/mol.